The quantitative estimate of drug-likeness (QED) is 0.414. The Morgan fingerprint density at radius 2 is 1.67 bits per heavy atom. The molecule has 0 spiro atoms. The lowest BCUT2D eigenvalue weighted by Crippen LogP contribution is -2.44. The first-order chi connectivity index (χ1) is 16.1. The van der Waals surface area contributed by atoms with Crippen molar-refractivity contribution in [1.82, 2.24) is 19.9 Å². The third kappa shape index (κ3) is 6.68. The highest BCUT2D eigenvalue weighted by molar-refractivity contribution is 6.31. The van der Waals surface area contributed by atoms with Gasteiger partial charge in [0.1, 0.15) is 5.82 Å². The molecule has 1 aliphatic heterocycles. The molecule has 0 saturated carbocycles. The van der Waals surface area contributed by atoms with Crippen LogP contribution in [0.1, 0.15) is 31.4 Å². The van der Waals surface area contributed by atoms with Crippen molar-refractivity contribution in [3.8, 4) is 0 Å². The van der Waals surface area contributed by atoms with Crippen LogP contribution >= 0.6 is 11.6 Å². The lowest BCUT2D eigenvalue weighted by Gasteiger charge is -2.33. The maximum atomic E-state index is 6.08. The van der Waals surface area contributed by atoms with E-state index in [4.69, 9.17) is 16.6 Å². The van der Waals surface area contributed by atoms with Gasteiger partial charge in [0.15, 0.2) is 0 Å². The van der Waals surface area contributed by atoms with E-state index in [1.165, 1.54) is 12.8 Å². The highest BCUT2D eigenvalue weighted by Gasteiger charge is 2.16. The Labute approximate surface area is 201 Å². The number of likely N-dealkylation sites (N-methyl/N-ethyl adjacent to an activating group) is 1. The lowest BCUT2D eigenvalue weighted by atomic mass is 10.1. The molecule has 3 aromatic rings. The molecule has 0 aliphatic carbocycles. The Bertz CT molecular complexity index is 1050. The number of pyridine rings is 1. The van der Waals surface area contributed by atoms with Crippen LogP contribution in [0.4, 0.5) is 17.5 Å². The molecule has 0 unspecified atom stereocenters. The number of halogens is 1. The molecule has 176 valence electrons. The zero-order valence-electron chi connectivity index (χ0n) is 19.6. The summed E-state index contributed by atoms with van der Waals surface area (Å²) in [4.78, 5) is 18.4. The monoisotopic (exact) mass is 467 g/mol. The molecule has 8 heteroatoms. The normalized spacial score (nSPS) is 14.6. The smallest absolute Gasteiger partial charge is 0.224 e. The van der Waals surface area contributed by atoms with Crippen LogP contribution in [0.3, 0.4) is 0 Å². The summed E-state index contributed by atoms with van der Waals surface area (Å²) in [6, 6.07) is 9.96. The highest BCUT2D eigenvalue weighted by Crippen LogP contribution is 2.24. The fourth-order valence-corrected chi connectivity index (χ4v) is 4.30. The van der Waals surface area contributed by atoms with Crippen LogP contribution < -0.4 is 15.5 Å². The van der Waals surface area contributed by atoms with E-state index >= 15 is 0 Å². The van der Waals surface area contributed by atoms with Crippen LogP contribution in [-0.2, 0) is 0 Å². The Balaban J connectivity index is 1.15. The van der Waals surface area contributed by atoms with Crippen LogP contribution in [0.2, 0.25) is 5.02 Å². The first kappa shape index (κ1) is 23.5. The minimum atomic E-state index is 0.715. The SMILES string of the molecule is Cc1cc(N2CCN(C)CC2)nc(NCCCCCCNc2ccnc3cc(Cl)ccc23)n1. The minimum absolute atomic E-state index is 0.715. The van der Waals surface area contributed by atoms with E-state index in [0.29, 0.717) is 5.02 Å². The van der Waals surface area contributed by atoms with Crippen molar-refractivity contribution in [2.24, 2.45) is 0 Å². The Kier molecular flexibility index (Phi) is 8.18. The summed E-state index contributed by atoms with van der Waals surface area (Å²) in [7, 11) is 2.17. The second-order valence-corrected chi connectivity index (χ2v) is 9.21. The van der Waals surface area contributed by atoms with Gasteiger partial charge in [-0.15, -0.1) is 0 Å². The molecule has 33 heavy (non-hydrogen) atoms. The van der Waals surface area contributed by atoms with Gasteiger partial charge in [0.05, 0.1) is 5.52 Å². The summed E-state index contributed by atoms with van der Waals surface area (Å²) in [5.41, 5.74) is 3.05. The molecule has 1 fully saturated rings. The predicted molar refractivity (Wildman–Crippen MR) is 139 cm³/mol. The average molecular weight is 468 g/mol. The van der Waals surface area contributed by atoms with Crippen LogP contribution in [0.15, 0.2) is 36.5 Å². The van der Waals surface area contributed by atoms with E-state index in [2.05, 4.69) is 43.5 Å². The van der Waals surface area contributed by atoms with E-state index < -0.39 is 0 Å². The molecule has 1 aromatic carbocycles. The molecule has 1 aliphatic rings. The van der Waals surface area contributed by atoms with E-state index in [9.17, 15) is 0 Å². The van der Waals surface area contributed by atoms with Crippen molar-refractivity contribution < 1.29 is 0 Å². The second kappa shape index (κ2) is 11.5. The largest absolute Gasteiger partial charge is 0.384 e. The molecule has 7 nitrogen and oxygen atoms in total. The van der Waals surface area contributed by atoms with Gasteiger partial charge in [-0.2, -0.15) is 4.98 Å². The number of fused-ring (bicyclic) bond motifs is 1. The van der Waals surface area contributed by atoms with Gasteiger partial charge in [-0.3, -0.25) is 4.98 Å². The molecule has 0 bridgehead atoms. The van der Waals surface area contributed by atoms with Gasteiger partial charge >= 0.3 is 0 Å². The topological polar surface area (TPSA) is 69.2 Å². The standard InChI is InChI=1S/C25H34ClN7/c1-19-17-24(33-15-13-32(2)14-16-33)31-25(30-19)29-11-6-4-3-5-10-27-22-9-12-28-23-18-20(26)7-8-21(22)23/h7-9,12,17-18H,3-6,10-11,13-16H2,1-2H3,(H,27,28)(H,29,30,31). The molecule has 0 amide bonds. The number of unbranched alkanes of at least 4 members (excludes halogenated alkanes) is 3. The number of rotatable bonds is 10. The number of nitrogens with zero attached hydrogens (tertiary/aromatic N) is 5. The molecule has 2 aromatic heterocycles. The van der Waals surface area contributed by atoms with Crippen LogP contribution in [-0.4, -0.2) is 66.2 Å². The van der Waals surface area contributed by atoms with Crippen molar-refractivity contribution in [3.63, 3.8) is 0 Å². The van der Waals surface area contributed by atoms with Crippen molar-refractivity contribution in [1.29, 1.82) is 0 Å². The zero-order chi connectivity index (χ0) is 23.0. The molecule has 1 saturated heterocycles. The van der Waals surface area contributed by atoms with Crippen LogP contribution in [0.5, 0.6) is 0 Å². The number of hydrogen-bond acceptors (Lipinski definition) is 7. The number of aromatic nitrogens is 3. The van der Waals surface area contributed by atoms with Crippen molar-refractivity contribution in [2.45, 2.75) is 32.6 Å². The summed E-state index contributed by atoms with van der Waals surface area (Å²) in [6.07, 6.45) is 6.43. The molecular formula is C25H34ClN7. The molecule has 3 heterocycles. The third-order valence-electron chi connectivity index (χ3n) is 6.07. The van der Waals surface area contributed by atoms with E-state index in [1.54, 1.807) is 0 Å². The molecule has 0 radical (unpaired) electrons. The zero-order valence-corrected chi connectivity index (χ0v) is 20.4. The summed E-state index contributed by atoms with van der Waals surface area (Å²) in [6.45, 7) is 8.07. The molecule has 4 rings (SSSR count). The van der Waals surface area contributed by atoms with Gasteiger partial charge < -0.3 is 20.4 Å². The number of anilines is 3. The van der Waals surface area contributed by atoms with Crippen LogP contribution in [0.25, 0.3) is 10.9 Å². The van der Waals surface area contributed by atoms with Gasteiger partial charge in [-0.1, -0.05) is 24.4 Å². The number of piperazine rings is 1. The lowest BCUT2D eigenvalue weighted by molar-refractivity contribution is 0.312. The van der Waals surface area contributed by atoms with Gasteiger partial charge in [-0.05, 0) is 51.1 Å². The van der Waals surface area contributed by atoms with Crippen molar-refractivity contribution >= 4 is 40.0 Å². The van der Waals surface area contributed by atoms with Crippen LogP contribution in [0, 0.1) is 6.92 Å². The Hall–Kier alpha value is -2.64. The number of hydrogen-bond donors (Lipinski definition) is 2. The summed E-state index contributed by atoms with van der Waals surface area (Å²) < 4.78 is 0. The fourth-order valence-electron chi connectivity index (χ4n) is 4.13. The van der Waals surface area contributed by atoms with E-state index in [0.717, 1.165) is 86.2 Å². The van der Waals surface area contributed by atoms with E-state index in [-0.39, 0.29) is 0 Å². The van der Waals surface area contributed by atoms with Crippen molar-refractivity contribution in [3.05, 3.63) is 47.2 Å². The predicted octanol–water partition coefficient (Wildman–Crippen LogP) is 4.82. The first-order valence-corrected chi connectivity index (χ1v) is 12.3. The Morgan fingerprint density at radius 1 is 0.909 bits per heavy atom. The first-order valence-electron chi connectivity index (χ1n) is 11.9. The van der Waals surface area contributed by atoms with Gasteiger partial charge in [0.2, 0.25) is 5.95 Å². The highest BCUT2D eigenvalue weighted by atomic mass is 35.5. The molecule has 2 N–H and O–H groups in total. The molecular weight excluding hydrogens is 434 g/mol. The second-order valence-electron chi connectivity index (χ2n) is 8.77. The third-order valence-corrected chi connectivity index (χ3v) is 6.31. The number of aryl methyl sites for hydroxylation is 1. The minimum Gasteiger partial charge on any atom is -0.384 e. The maximum absolute atomic E-state index is 6.08. The maximum Gasteiger partial charge on any atom is 0.224 e. The van der Waals surface area contributed by atoms with Gasteiger partial charge in [0.25, 0.3) is 0 Å². The van der Waals surface area contributed by atoms with E-state index in [1.807, 2.05) is 37.4 Å². The Morgan fingerprint density at radius 3 is 2.45 bits per heavy atom. The van der Waals surface area contributed by atoms with Gasteiger partial charge in [-0.25, -0.2) is 4.98 Å². The summed E-state index contributed by atoms with van der Waals surface area (Å²) >= 11 is 6.08. The number of nitrogens with one attached hydrogen (secondary N) is 2. The number of benzene rings is 1. The summed E-state index contributed by atoms with van der Waals surface area (Å²) in [5.74, 6) is 1.78. The van der Waals surface area contributed by atoms with Gasteiger partial charge in [0, 0.05) is 73.3 Å². The average Bonchev–Trinajstić information content (AvgIpc) is 2.80. The molecule has 0 atom stereocenters. The van der Waals surface area contributed by atoms with Crippen molar-refractivity contribution in [2.75, 3.05) is 61.8 Å². The fraction of sp³-hybridized carbons (Fsp3) is 0.480. The summed E-state index contributed by atoms with van der Waals surface area (Å²) in [5, 5.41) is 8.79.